The van der Waals surface area contributed by atoms with E-state index in [1.165, 1.54) is 23.8 Å². The van der Waals surface area contributed by atoms with Gasteiger partial charge in [0.15, 0.2) is 0 Å². The molecule has 0 aromatic heterocycles. The standard InChI is InChI=1S/C17H15ClN2O3S/c1-23-14-7-6-11(8-12(14)18)19-16(21)9-20-13-4-2-3-5-15(13)24-10-17(20)22/h2-8H,9-10H2,1H3,(H,19,21). The number of hydrogen-bond acceptors (Lipinski definition) is 4. The van der Waals surface area contributed by atoms with E-state index in [-0.39, 0.29) is 18.4 Å². The summed E-state index contributed by atoms with van der Waals surface area (Å²) in [5.41, 5.74) is 1.32. The summed E-state index contributed by atoms with van der Waals surface area (Å²) in [5.74, 6) is 0.498. The molecular formula is C17H15ClN2O3S. The van der Waals surface area contributed by atoms with Crippen LogP contribution in [0.3, 0.4) is 0 Å². The summed E-state index contributed by atoms with van der Waals surface area (Å²) in [6, 6.07) is 12.5. The van der Waals surface area contributed by atoms with E-state index in [0.29, 0.717) is 22.2 Å². The number of amides is 2. The molecule has 2 aromatic carbocycles. The number of rotatable bonds is 4. The van der Waals surface area contributed by atoms with Crippen molar-refractivity contribution in [2.75, 3.05) is 29.6 Å². The lowest BCUT2D eigenvalue weighted by atomic mass is 10.2. The molecular weight excluding hydrogens is 348 g/mol. The molecule has 0 saturated carbocycles. The molecule has 24 heavy (non-hydrogen) atoms. The predicted molar refractivity (Wildman–Crippen MR) is 96.2 cm³/mol. The molecule has 1 heterocycles. The zero-order valence-corrected chi connectivity index (χ0v) is 14.5. The third kappa shape index (κ3) is 3.49. The van der Waals surface area contributed by atoms with Gasteiger partial charge in [0.1, 0.15) is 12.3 Å². The average molecular weight is 363 g/mol. The molecule has 0 unspecified atom stereocenters. The Balaban J connectivity index is 1.73. The van der Waals surface area contributed by atoms with Crippen LogP contribution in [-0.2, 0) is 9.59 Å². The fourth-order valence-corrected chi connectivity index (χ4v) is 3.61. The van der Waals surface area contributed by atoms with E-state index in [0.717, 1.165) is 10.6 Å². The lowest BCUT2D eigenvalue weighted by Crippen LogP contribution is -2.41. The van der Waals surface area contributed by atoms with Gasteiger partial charge < -0.3 is 15.0 Å². The van der Waals surface area contributed by atoms with Crippen molar-refractivity contribution in [3.05, 3.63) is 47.5 Å². The Hall–Kier alpha value is -2.18. The van der Waals surface area contributed by atoms with Crippen molar-refractivity contribution in [3.63, 3.8) is 0 Å². The molecule has 0 radical (unpaired) electrons. The van der Waals surface area contributed by atoms with Gasteiger partial charge in [-0.3, -0.25) is 9.59 Å². The van der Waals surface area contributed by atoms with Gasteiger partial charge in [0.25, 0.3) is 0 Å². The molecule has 5 nitrogen and oxygen atoms in total. The van der Waals surface area contributed by atoms with Crippen LogP contribution < -0.4 is 15.0 Å². The molecule has 3 rings (SSSR count). The van der Waals surface area contributed by atoms with E-state index < -0.39 is 0 Å². The van der Waals surface area contributed by atoms with Crippen LogP contribution in [0.2, 0.25) is 5.02 Å². The number of halogens is 1. The maximum absolute atomic E-state index is 12.3. The van der Waals surface area contributed by atoms with E-state index in [2.05, 4.69) is 5.32 Å². The van der Waals surface area contributed by atoms with Gasteiger partial charge >= 0.3 is 0 Å². The highest BCUT2D eigenvalue weighted by molar-refractivity contribution is 8.00. The minimum absolute atomic E-state index is 0.0416. The predicted octanol–water partition coefficient (Wildman–Crippen LogP) is 3.43. The summed E-state index contributed by atoms with van der Waals surface area (Å²) in [7, 11) is 1.52. The fraction of sp³-hybridized carbons (Fsp3) is 0.176. The van der Waals surface area contributed by atoms with Crippen LogP contribution in [-0.4, -0.2) is 31.2 Å². The zero-order chi connectivity index (χ0) is 17.1. The maximum atomic E-state index is 12.3. The molecule has 1 aliphatic heterocycles. The van der Waals surface area contributed by atoms with Crippen molar-refractivity contribution in [3.8, 4) is 5.75 Å². The van der Waals surface area contributed by atoms with Gasteiger partial charge in [0.05, 0.1) is 23.6 Å². The van der Waals surface area contributed by atoms with E-state index in [9.17, 15) is 9.59 Å². The second kappa shape index (κ2) is 7.15. The largest absolute Gasteiger partial charge is 0.495 e. The number of carbonyl (C=O) groups excluding carboxylic acids is 2. The number of methoxy groups -OCH3 is 1. The zero-order valence-electron chi connectivity index (χ0n) is 12.9. The van der Waals surface area contributed by atoms with Gasteiger partial charge in [-0.15, -0.1) is 11.8 Å². The topological polar surface area (TPSA) is 58.6 Å². The Morgan fingerprint density at radius 3 is 2.88 bits per heavy atom. The number of hydrogen-bond donors (Lipinski definition) is 1. The minimum atomic E-state index is -0.286. The molecule has 0 saturated heterocycles. The van der Waals surface area contributed by atoms with E-state index >= 15 is 0 Å². The summed E-state index contributed by atoms with van der Waals surface area (Å²) in [5, 5.41) is 3.16. The van der Waals surface area contributed by atoms with E-state index in [4.69, 9.17) is 16.3 Å². The lowest BCUT2D eigenvalue weighted by Gasteiger charge is -2.28. The molecule has 2 aromatic rings. The van der Waals surface area contributed by atoms with Crippen LogP contribution in [0.1, 0.15) is 0 Å². The number of anilines is 2. The summed E-state index contributed by atoms with van der Waals surface area (Å²) >= 11 is 7.53. The number of carbonyl (C=O) groups is 2. The maximum Gasteiger partial charge on any atom is 0.244 e. The Kier molecular flexibility index (Phi) is 4.97. The summed E-state index contributed by atoms with van der Waals surface area (Å²) in [4.78, 5) is 27.0. The molecule has 0 fully saturated rings. The van der Waals surface area contributed by atoms with Crippen molar-refractivity contribution in [2.45, 2.75) is 4.90 Å². The Morgan fingerprint density at radius 1 is 1.33 bits per heavy atom. The van der Waals surface area contributed by atoms with Gasteiger partial charge in [0, 0.05) is 10.6 Å². The number of para-hydroxylation sites is 1. The molecule has 0 atom stereocenters. The van der Waals surface area contributed by atoms with Crippen molar-refractivity contribution in [1.29, 1.82) is 0 Å². The lowest BCUT2D eigenvalue weighted by molar-refractivity contribution is -0.120. The highest BCUT2D eigenvalue weighted by atomic mass is 35.5. The van der Waals surface area contributed by atoms with Crippen LogP contribution in [0.25, 0.3) is 0 Å². The number of nitrogens with zero attached hydrogens (tertiary/aromatic N) is 1. The highest BCUT2D eigenvalue weighted by Gasteiger charge is 2.26. The van der Waals surface area contributed by atoms with E-state index in [1.54, 1.807) is 18.2 Å². The molecule has 2 amide bonds. The first-order valence-corrected chi connectivity index (χ1v) is 8.60. The smallest absolute Gasteiger partial charge is 0.244 e. The summed E-state index contributed by atoms with van der Waals surface area (Å²) in [6.45, 7) is -0.0416. The Morgan fingerprint density at radius 2 is 2.12 bits per heavy atom. The first-order valence-electron chi connectivity index (χ1n) is 7.24. The number of ether oxygens (including phenoxy) is 1. The quantitative estimate of drug-likeness (QED) is 0.905. The Bertz CT molecular complexity index is 797. The first-order chi connectivity index (χ1) is 11.6. The van der Waals surface area contributed by atoms with E-state index in [1.807, 2.05) is 24.3 Å². The van der Waals surface area contributed by atoms with Gasteiger partial charge in [-0.05, 0) is 30.3 Å². The van der Waals surface area contributed by atoms with Gasteiger partial charge in [-0.2, -0.15) is 0 Å². The third-order valence-corrected chi connectivity index (χ3v) is 4.89. The van der Waals surface area contributed by atoms with Crippen molar-refractivity contribution in [2.24, 2.45) is 0 Å². The fourth-order valence-electron chi connectivity index (χ4n) is 2.42. The monoisotopic (exact) mass is 362 g/mol. The Labute approximate surface area is 148 Å². The SMILES string of the molecule is COc1ccc(NC(=O)CN2C(=O)CSc3ccccc32)cc1Cl. The van der Waals surface area contributed by atoms with Gasteiger partial charge in [0.2, 0.25) is 11.8 Å². The number of thioether (sulfide) groups is 1. The van der Waals surface area contributed by atoms with Crippen LogP contribution in [0.5, 0.6) is 5.75 Å². The van der Waals surface area contributed by atoms with Gasteiger partial charge in [-0.25, -0.2) is 0 Å². The first kappa shape index (κ1) is 16.7. The third-order valence-electron chi connectivity index (χ3n) is 3.55. The van der Waals surface area contributed by atoms with Crippen LogP contribution in [0.4, 0.5) is 11.4 Å². The van der Waals surface area contributed by atoms with Crippen molar-refractivity contribution in [1.82, 2.24) is 0 Å². The normalized spacial score (nSPS) is 13.4. The highest BCUT2D eigenvalue weighted by Crippen LogP contribution is 2.34. The van der Waals surface area contributed by atoms with Gasteiger partial charge in [-0.1, -0.05) is 23.7 Å². The molecule has 124 valence electrons. The minimum Gasteiger partial charge on any atom is -0.495 e. The van der Waals surface area contributed by atoms with Crippen LogP contribution in [0.15, 0.2) is 47.4 Å². The molecule has 1 N–H and O–H groups in total. The molecule has 0 bridgehead atoms. The number of fused-ring (bicyclic) bond motifs is 1. The van der Waals surface area contributed by atoms with Crippen LogP contribution >= 0.6 is 23.4 Å². The summed E-state index contributed by atoms with van der Waals surface area (Å²) < 4.78 is 5.08. The molecule has 1 aliphatic rings. The second-order valence-corrected chi connectivity index (χ2v) is 6.56. The number of benzene rings is 2. The second-order valence-electron chi connectivity index (χ2n) is 5.13. The van der Waals surface area contributed by atoms with Crippen molar-refractivity contribution >= 4 is 46.6 Å². The molecule has 0 spiro atoms. The average Bonchev–Trinajstić information content (AvgIpc) is 2.58. The van der Waals surface area contributed by atoms with Crippen LogP contribution in [0, 0.1) is 0 Å². The molecule has 7 heteroatoms. The van der Waals surface area contributed by atoms with Crippen molar-refractivity contribution < 1.29 is 14.3 Å². The number of nitrogens with one attached hydrogen (secondary N) is 1. The summed E-state index contributed by atoms with van der Waals surface area (Å²) in [6.07, 6.45) is 0. The molecule has 0 aliphatic carbocycles.